The van der Waals surface area contributed by atoms with Crippen LogP contribution >= 0.6 is 11.6 Å². The summed E-state index contributed by atoms with van der Waals surface area (Å²) >= 11 is 6.21. The van der Waals surface area contributed by atoms with E-state index in [0.29, 0.717) is 40.0 Å². The van der Waals surface area contributed by atoms with Crippen molar-refractivity contribution in [3.8, 4) is 23.0 Å². The molecule has 0 spiro atoms. The van der Waals surface area contributed by atoms with Crippen LogP contribution in [-0.2, 0) is 22.6 Å². The number of allylic oxidation sites excluding steroid dienone is 1. The van der Waals surface area contributed by atoms with Crippen molar-refractivity contribution >= 4 is 41.2 Å². The van der Waals surface area contributed by atoms with E-state index in [1.54, 1.807) is 37.3 Å². The van der Waals surface area contributed by atoms with Crippen LogP contribution in [0.5, 0.6) is 23.0 Å². The van der Waals surface area contributed by atoms with Crippen molar-refractivity contribution < 1.29 is 33.3 Å². The number of nitrogens with one attached hydrogen (secondary N) is 1. The summed E-state index contributed by atoms with van der Waals surface area (Å²) in [5.74, 6) is 0.634. The first-order valence-corrected chi connectivity index (χ1v) is 12.7. The van der Waals surface area contributed by atoms with Gasteiger partial charge in [-0.25, -0.2) is 9.69 Å². The maximum absolute atomic E-state index is 13.4. The number of benzene rings is 3. The first-order chi connectivity index (χ1) is 19.3. The van der Waals surface area contributed by atoms with Crippen LogP contribution < -0.4 is 29.2 Å². The van der Waals surface area contributed by atoms with Crippen LogP contribution in [0.1, 0.15) is 22.3 Å². The van der Waals surface area contributed by atoms with Crippen molar-refractivity contribution in [2.24, 2.45) is 0 Å². The standard InChI is InChI=1S/C30H25ClN2O7/c1-4-5-20-10-19(13-26(37-3)27(20)38-15-18-7-9-24-25(12-18)40-16-39-24)11-22-28(34)32-30(36)33(29(22)35)21-8-6-17(2)23(31)14-21/h4,6-14H,1,5,15-16H2,2-3H3,(H,32,34,36)/b22-11-. The minimum atomic E-state index is -0.857. The van der Waals surface area contributed by atoms with Crippen molar-refractivity contribution in [3.63, 3.8) is 0 Å². The predicted octanol–water partition coefficient (Wildman–Crippen LogP) is 5.36. The van der Waals surface area contributed by atoms with Crippen LogP contribution in [0.2, 0.25) is 5.02 Å². The monoisotopic (exact) mass is 560 g/mol. The molecule has 9 nitrogen and oxygen atoms in total. The molecule has 0 unspecified atom stereocenters. The van der Waals surface area contributed by atoms with Crippen LogP contribution in [0.25, 0.3) is 6.08 Å². The number of imide groups is 2. The number of hydrogen-bond acceptors (Lipinski definition) is 7. The van der Waals surface area contributed by atoms with Gasteiger partial charge in [-0.15, -0.1) is 6.58 Å². The average molecular weight is 561 g/mol. The minimum Gasteiger partial charge on any atom is -0.493 e. The molecule has 1 N–H and O–H groups in total. The highest BCUT2D eigenvalue weighted by molar-refractivity contribution is 6.39. The van der Waals surface area contributed by atoms with Crippen LogP contribution in [0.15, 0.2) is 66.8 Å². The number of carbonyl (C=O) groups excluding carboxylic acids is 3. The number of carbonyl (C=O) groups is 3. The summed E-state index contributed by atoms with van der Waals surface area (Å²) in [6.07, 6.45) is 3.54. The van der Waals surface area contributed by atoms with Gasteiger partial charge >= 0.3 is 6.03 Å². The van der Waals surface area contributed by atoms with Crippen LogP contribution in [-0.4, -0.2) is 31.7 Å². The lowest BCUT2D eigenvalue weighted by molar-refractivity contribution is -0.122. The number of rotatable bonds is 8. The molecule has 3 aromatic carbocycles. The summed E-state index contributed by atoms with van der Waals surface area (Å²) in [5.41, 5.74) is 2.89. The van der Waals surface area contributed by atoms with Gasteiger partial charge in [0.15, 0.2) is 23.0 Å². The second-order valence-electron chi connectivity index (χ2n) is 9.07. The third-order valence-electron chi connectivity index (χ3n) is 6.38. The Morgan fingerprint density at radius 2 is 1.88 bits per heavy atom. The zero-order valence-corrected chi connectivity index (χ0v) is 22.5. The molecule has 0 aromatic heterocycles. The molecule has 40 heavy (non-hydrogen) atoms. The van der Waals surface area contributed by atoms with E-state index in [1.807, 2.05) is 18.2 Å². The first-order valence-electron chi connectivity index (χ1n) is 12.3. The molecule has 2 aliphatic heterocycles. The van der Waals surface area contributed by atoms with Crippen LogP contribution in [0, 0.1) is 6.92 Å². The third kappa shape index (κ3) is 5.23. The lowest BCUT2D eigenvalue weighted by atomic mass is 10.0. The van der Waals surface area contributed by atoms with Crippen molar-refractivity contribution in [1.29, 1.82) is 0 Å². The largest absolute Gasteiger partial charge is 0.493 e. The normalized spacial score (nSPS) is 15.3. The van der Waals surface area contributed by atoms with Gasteiger partial charge in [-0.1, -0.05) is 29.8 Å². The molecule has 1 fully saturated rings. The van der Waals surface area contributed by atoms with E-state index >= 15 is 0 Å². The molecule has 4 amide bonds. The molecule has 10 heteroatoms. The maximum atomic E-state index is 13.4. The average Bonchev–Trinajstić information content (AvgIpc) is 3.40. The molecule has 2 heterocycles. The zero-order chi connectivity index (χ0) is 28.4. The van der Waals surface area contributed by atoms with Crippen LogP contribution in [0.4, 0.5) is 10.5 Å². The Morgan fingerprint density at radius 3 is 2.62 bits per heavy atom. The van der Waals surface area contributed by atoms with E-state index < -0.39 is 17.8 Å². The van der Waals surface area contributed by atoms with Crippen LogP contribution in [0.3, 0.4) is 0 Å². The number of halogens is 1. The Kier molecular flexibility index (Phi) is 7.48. The number of aryl methyl sites for hydroxylation is 1. The van der Waals surface area contributed by atoms with Gasteiger partial charge in [-0.05, 0) is 72.5 Å². The maximum Gasteiger partial charge on any atom is 0.335 e. The highest BCUT2D eigenvalue weighted by atomic mass is 35.5. The van der Waals surface area contributed by atoms with Crippen molar-refractivity contribution in [1.82, 2.24) is 5.32 Å². The van der Waals surface area contributed by atoms with Gasteiger partial charge < -0.3 is 18.9 Å². The first kappa shape index (κ1) is 26.8. The second-order valence-corrected chi connectivity index (χ2v) is 9.48. The smallest absolute Gasteiger partial charge is 0.335 e. The molecule has 3 aromatic rings. The Balaban J connectivity index is 1.46. The topological polar surface area (TPSA) is 103 Å². The number of fused-ring (bicyclic) bond motifs is 1. The molecule has 5 rings (SSSR count). The van der Waals surface area contributed by atoms with Gasteiger partial charge in [0.05, 0.1) is 12.8 Å². The van der Waals surface area contributed by atoms with E-state index in [-0.39, 0.29) is 24.7 Å². The summed E-state index contributed by atoms with van der Waals surface area (Å²) in [6.45, 7) is 6.04. The Bertz CT molecular complexity index is 1580. The van der Waals surface area contributed by atoms with Gasteiger partial charge in [-0.2, -0.15) is 0 Å². The fourth-order valence-electron chi connectivity index (χ4n) is 4.36. The third-order valence-corrected chi connectivity index (χ3v) is 6.79. The Labute approximate surface area is 235 Å². The molecule has 2 aliphatic rings. The number of urea groups is 1. The molecule has 0 saturated carbocycles. The van der Waals surface area contributed by atoms with E-state index in [0.717, 1.165) is 21.6 Å². The van der Waals surface area contributed by atoms with Gasteiger partial charge in [0.2, 0.25) is 6.79 Å². The minimum absolute atomic E-state index is 0.180. The van der Waals surface area contributed by atoms with Gasteiger partial charge in [0.25, 0.3) is 11.8 Å². The summed E-state index contributed by atoms with van der Waals surface area (Å²) in [7, 11) is 1.50. The predicted molar refractivity (Wildman–Crippen MR) is 149 cm³/mol. The molecule has 0 aliphatic carbocycles. The van der Waals surface area contributed by atoms with Crippen molar-refractivity contribution in [3.05, 3.63) is 94.0 Å². The summed E-state index contributed by atoms with van der Waals surface area (Å²) < 4.78 is 22.6. The van der Waals surface area contributed by atoms with E-state index in [1.165, 1.54) is 19.3 Å². The van der Waals surface area contributed by atoms with Gasteiger partial charge in [0, 0.05) is 10.6 Å². The summed E-state index contributed by atoms with van der Waals surface area (Å²) in [5, 5.41) is 2.61. The molecular weight excluding hydrogens is 536 g/mol. The Hall–Kier alpha value is -4.76. The van der Waals surface area contributed by atoms with Gasteiger partial charge in [-0.3, -0.25) is 14.9 Å². The lowest BCUT2D eigenvalue weighted by Gasteiger charge is -2.26. The number of methoxy groups -OCH3 is 1. The lowest BCUT2D eigenvalue weighted by Crippen LogP contribution is -2.54. The number of barbiturate groups is 1. The molecule has 0 radical (unpaired) electrons. The number of hydrogen-bond donors (Lipinski definition) is 1. The molecular formula is C30H25ClN2O7. The van der Waals surface area contributed by atoms with Crippen molar-refractivity contribution in [2.75, 3.05) is 18.8 Å². The van der Waals surface area contributed by atoms with Gasteiger partial charge in [0.1, 0.15) is 12.2 Å². The second kappa shape index (κ2) is 11.2. The fourth-order valence-corrected chi connectivity index (χ4v) is 4.53. The molecule has 1 saturated heterocycles. The zero-order valence-electron chi connectivity index (χ0n) is 21.8. The highest BCUT2D eigenvalue weighted by Crippen LogP contribution is 2.37. The van der Waals surface area contributed by atoms with Crippen molar-refractivity contribution in [2.45, 2.75) is 20.0 Å². The summed E-state index contributed by atoms with van der Waals surface area (Å²) in [6, 6.07) is 12.9. The SMILES string of the molecule is C=CCc1cc(/C=C2/C(=O)NC(=O)N(c3ccc(C)c(Cl)c3)C2=O)cc(OC)c1OCc1ccc2c(c1)OCO2. The summed E-state index contributed by atoms with van der Waals surface area (Å²) in [4.78, 5) is 39.5. The number of ether oxygens (including phenoxy) is 4. The highest BCUT2D eigenvalue weighted by Gasteiger charge is 2.37. The molecule has 0 bridgehead atoms. The van der Waals surface area contributed by atoms with E-state index in [2.05, 4.69) is 11.9 Å². The number of amides is 4. The number of anilines is 1. The quantitative estimate of drug-likeness (QED) is 0.225. The fraction of sp³-hybridized carbons (Fsp3) is 0.167. The molecule has 204 valence electrons. The van der Waals surface area contributed by atoms with E-state index in [4.69, 9.17) is 30.5 Å². The Morgan fingerprint density at radius 1 is 1.07 bits per heavy atom. The molecule has 0 atom stereocenters. The number of nitrogens with zero attached hydrogens (tertiary/aromatic N) is 1. The van der Waals surface area contributed by atoms with E-state index in [9.17, 15) is 14.4 Å².